The Labute approximate surface area is 157 Å². The van der Waals surface area contributed by atoms with Crippen LogP contribution < -0.4 is 14.9 Å². The van der Waals surface area contributed by atoms with Gasteiger partial charge in [-0.25, -0.2) is 5.43 Å². The van der Waals surface area contributed by atoms with Gasteiger partial charge in [0.1, 0.15) is 17.2 Å². The number of methoxy groups -OCH3 is 1. The van der Waals surface area contributed by atoms with Crippen molar-refractivity contribution >= 4 is 22.9 Å². The van der Waals surface area contributed by atoms with Crippen molar-refractivity contribution in [2.45, 2.75) is 13.0 Å². The molecule has 138 valence electrons. The largest absolute Gasteiger partial charge is 0.507 e. The van der Waals surface area contributed by atoms with E-state index in [9.17, 15) is 9.90 Å². The average molecular weight is 364 g/mol. The highest BCUT2D eigenvalue weighted by atomic mass is 16.5. The predicted molar refractivity (Wildman–Crippen MR) is 104 cm³/mol. The molecular formula is C21H20N2O4. The van der Waals surface area contributed by atoms with E-state index in [2.05, 4.69) is 10.5 Å². The number of hydrogen-bond donors (Lipinski definition) is 2. The van der Waals surface area contributed by atoms with Crippen LogP contribution in [-0.4, -0.2) is 30.4 Å². The van der Waals surface area contributed by atoms with Gasteiger partial charge in [-0.2, -0.15) is 5.10 Å². The first-order valence-electron chi connectivity index (χ1n) is 8.43. The van der Waals surface area contributed by atoms with Crippen LogP contribution in [0.25, 0.3) is 10.8 Å². The molecule has 0 saturated carbocycles. The highest BCUT2D eigenvalue weighted by Crippen LogP contribution is 2.26. The number of carbonyl (C=O) groups excluding carboxylic acids is 1. The predicted octanol–water partition coefficient (Wildman–Crippen LogP) is 3.47. The summed E-state index contributed by atoms with van der Waals surface area (Å²) in [6.45, 7) is 1.65. The van der Waals surface area contributed by atoms with Crippen molar-refractivity contribution in [2.24, 2.45) is 5.10 Å². The van der Waals surface area contributed by atoms with Crippen LogP contribution in [0, 0.1) is 0 Å². The molecule has 0 bridgehead atoms. The molecule has 0 fully saturated rings. The molecule has 0 heterocycles. The maximum atomic E-state index is 12.2. The summed E-state index contributed by atoms with van der Waals surface area (Å²) in [5.41, 5.74) is 2.85. The monoisotopic (exact) mass is 364 g/mol. The molecule has 6 heteroatoms. The smallest absolute Gasteiger partial charge is 0.280 e. The highest BCUT2D eigenvalue weighted by Gasteiger charge is 2.15. The van der Waals surface area contributed by atoms with Gasteiger partial charge >= 0.3 is 0 Å². The minimum atomic E-state index is -0.744. The van der Waals surface area contributed by atoms with Crippen molar-refractivity contribution < 1.29 is 19.4 Å². The standard InChI is InChI=1S/C21H20N2O4/c1-14(27-20-9-5-7-15-6-3-4-8-18(15)20)21(25)23-22-13-16-12-17(26-2)10-11-19(16)24/h3-14,24H,1-2H3,(H,23,25)/b22-13+. The minimum Gasteiger partial charge on any atom is -0.507 e. The number of nitrogens with zero attached hydrogens (tertiary/aromatic N) is 1. The van der Waals surface area contributed by atoms with Gasteiger partial charge in [-0.3, -0.25) is 4.79 Å². The van der Waals surface area contributed by atoms with E-state index in [4.69, 9.17) is 9.47 Å². The van der Waals surface area contributed by atoms with Crippen LogP contribution in [0.1, 0.15) is 12.5 Å². The number of hydrogen-bond acceptors (Lipinski definition) is 5. The first-order chi connectivity index (χ1) is 13.1. The van der Waals surface area contributed by atoms with E-state index < -0.39 is 12.0 Å². The molecule has 0 aliphatic carbocycles. The molecule has 1 unspecified atom stereocenters. The second kappa shape index (κ2) is 8.23. The first-order valence-corrected chi connectivity index (χ1v) is 8.43. The molecule has 0 aliphatic heterocycles. The summed E-state index contributed by atoms with van der Waals surface area (Å²) < 4.78 is 10.9. The highest BCUT2D eigenvalue weighted by molar-refractivity contribution is 5.89. The van der Waals surface area contributed by atoms with Crippen LogP contribution in [-0.2, 0) is 4.79 Å². The fraction of sp³-hybridized carbons (Fsp3) is 0.143. The Balaban J connectivity index is 1.66. The molecule has 1 atom stereocenters. The van der Waals surface area contributed by atoms with Crippen LogP contribution in [0.15, 0.2) is 65.8 Å². The van der Waals surface area contributed by atoms with Gasteiger partial charge in [0, 0.05) is 10.9 Å². The summed E-state index contributed by atoms with van der Waals surface area (Å²) in [6.07, 6.45) is 0.604. The second-order valence-electron chi connectivity index (χ2n) is 5.90. The van der Waals surface area contributed by atoms with E-state index in [1.807, 2.05) is 42.5 Å². The third-order valence-corrected chi connectivity index (χ3v) is 4.04. The molecular weight excluding hydrogens is 344 g/mol. The number of amides is 1. The molecule has 3 rings (SSSR count). The number of ether oxygens (including phenoxy) is 2. The SMILES string of the molecule is COc1ccc(O)c(/C=N/NC(=O)C(C)Oc2cccc3ccccc23)c1. The summed E-state index contributed by atoms with van der Waals surface area (Å²) in [7, 11) is 1.53. The number of nitrogens with one attached hydrogen (secondary N) is 1. The van der Waals surface area contributed by atoms with Crippen LogP contribution >= 0.6 is 0 Å². The van der Waals surface area contributed by atoms with Crippen molar-refractivity contribution in [2.75, 3.05) is 7.11 Å². The van der Waals surface area contributed by atoms with Gasteiger partial charge in [-0.05, 0) is 36.6 Å². The lowest BCUT2D eigenvalue weighted by Crippen LogP contribution is -2.33. The molecule has 0 spiro atoms. The van der Waals surface area contributed by atoms with E-state index in [0.29, 0.717) is 17.1 Å². The summed E-state index contributed by atoms with van der Waals surface area (Å²) in [5, 5.41) is 15.7. The number of fused-ring (bicyclic) bond motifs is 1. The lowest BCUT2D eigenvalue weighted by Gasteiger charge is -2.14. The van der Waals surface area contributed by atoms with Crippen molar-refractivity contribution in [3.8, 4) is 17.2 Å². The summed E-state index contributed by atoms with van der Waals surface area (Å²) >= 11 is 0. The van der Waals surface area contributed by atoms with Crippen molar-refractivity contribution in [3.63, 3.8) is 0 Å². The van der Waals surface area contributed by atoms with Crippen molar-refractivity contribution in [3.05, 3.63) is 66.2 Å². The first kappa shape index (κ1) is 18.3. The molecule has 3 aromatic carbocycles. The zero-order chi connectivity index (χ0) is 19.2. The molecule has 3 aromatic rings. The van der Waals surface area contributed by atoms with Crippen LogP contribution in [0.5, 0.6) is 17.2 Å². The minimum absolute atomic E-state index is 0.0360. The number of phenolic OH excluding ortho intramolecular Hbond substituents is 1. The van der Waals surface area contributed by atoms with Gasteiger partial charge in [0.05, 0.1) is 13.3 Å². The average Bonchev–Trinajstić information content (AvgIpc) is 2.69. The topological polar surface area (TPSA) is 80.2 Å². The molecule has 6 nitrogen and oxygen atoms in total. The zero-order valence-electron chi connectivity index (χ0n) is 15.0. The van der Waals surface area contributed by atoms with Crippen LogP contribution in [0.2, 0.25) is 0 Å². The Morgan fingerprint density at radius 1 is 1.15 bits per heavy atom. The maximum Gasteiger partial charge on any atom is 0.280 e. The molecule has 0 radical (unpaired) electrons. The lowest BCUT2D eigenvalue weighted by molar-refractivity contribution is -0.127. The summed E-state index contributed by atoms with van der Waals surface area (Å²) in [6, 6.07) is 18.2. The number of carbonyl (C=O) groups is 1. The normalized spacial score (nSPS) is 12.1. The Morgan fingerprint density at radius 3 is 2.74 bits per heavy atom. The number of hydrazone groups is 1. The van der Waals surface area contributed by atoms with Gasteiger partial charge in [-0.1, -0.05) is 36.4 Å². The fourth-order valence-corrected chi connectivity index (χ4v) is 2.56. The van der Waals surface area contributed by atoms with E-state index in [1.54, 1.807) is 19.1 Å². The Morgan fingerprint density at radius 2 is 1.93 bits per heavy atom. The molecule has 0 aliphatic rings. The second-order valence-corrected chi connectivity index (χ2v) is 5.90. The van der Waals surface area contributed by atoms with Crippen molar-refractivity contribution in [1.82, 2.24) is 5.43 Å². The van der Waals surface area contributed by atoms with Gasteiger partial charge in [0.2, 0.25) is 0 Å². The molecule has 1 amide bonds. The molecule has 27 heavy (non-hydrogen) atoms. The van der Waals surface area contributed by atoms with Gasteiger partial charge < -0.3 is 14.6 Å². The maximum absolute atomic E-state index is 12.2. The van der Waals surface area contributed by atoms with E-state index in [0.717, 1.165) is 10.8 Å². The summed E-state index contributed by atoms with van der Waals surface area (Å²) in [5.74, 6) is 0.842. The zero-order valence-corrected chi connectivity index (χ0v) is 15.0. The summed E-state index contributed by atoms with van der Waals surface area (Å²) in [4.78, 5) is 12.2. The third kappa shape index (κ3) is 4.36. The third-order valence-electron chi connectivity index (χ3n) is 4.04. The number of benzene rings is 3. The van der Waals surface area contributed by atoms with Gasteiger partial charge in [0.15, 0.2) is 6.10 Å². The molecule has 2 N–H and O–H groups in total. The van der Waals surface area contributed by atoms with E-state index >= 15 is 0 Å². The van der Waals surface area contributed by atoms with E-state index in [-0.39, 0.29) is 5.75 Å². The Bertz CT molecular complexity index is 980. The van der Waals surface area contributed by atoms with Crippen LogP contribution in [0.4, 0.5) is 0 Å². The molecule has 0 saturated heterocycles. The number of rotatable bonds is 6. The molecule has 0 aromatic heterocycles. The van der Waals surface area contributed by atoms with Crippen molar-refractivity contribution in [1.29, 1.82) is 0 Å². The number of aromatic hydroxyl groups is 1. The number of phenols is 1. The van der Waals surface area contributed by atoms with Gasteiger partial charge in [0.25, 0.3) is 5.91 Å². The quantitative estimate of drug-likeness (QED) is 0.518. The van der Waals surface area contributed by atoms with Gasteiger partial charge in [-0.15, -0.1) is 0 Å². The van der Waals surface area contributed by atoms with E-state index in [1.165, 1.54) is 19.4 Å². The Hall–Kier alpha value is -3.54. The Kier molecular flexibility index (Phi) is 5.56. The fourth-order valence-electron chi connectivity index (χ4n) is 2.56. The lowest BCUT2D eigenvalue weighted by atomic mass is 10.1. The van der Waals surface area contributed by atoms with Crippen LogP contribution in [0.3, 0.4) is 0 Å².